The zero-order valence-electron chi connectivity index (χ0n) is 10.7. The number of aliphatic carboxylic acids is 1. The third kappa shape index (κ3) is 3.93. The zero-order chi connectivity index (χ0) is 15.1. The fourth-order valence-corrected chi connectivity index (χ4v) is 1.57. The van der Waals surface area contributed by atoms with E-state index in [1.54, 1.807) is 6.07 Å². The molecule has 0 saturated heterocycles. The number of ether oxygens (including phenoxy) is 1. The fourth-order valence-electron chi connectivity index (χ4n) is 1.57. The van der Waals surface area contributed by atoms with Crippen molar-refractivity contribution < 1.29 is 19.6 Å². The Balaban J connectivity index is 2.94. The van der Waals surface area contributed by atoms with Crippen LogP contribution in [-0.4, -0.2) is 35.8 Å². The van der Waals surface area contributed by atoms with Gasteiger partial charge in [0.05, 0.1) is 4.92 Å². The summed E-state index contributed by atoms with van der Waals surface area (Å²) in [4.78, 5) is 21.1. The lowest BCUT2D eigenvalue weighted by Crippen LogP contribution is -2.30. The van der Waals surface area contributed by atoms with Crippen LogP contribution in [0, 0.1) is 21.4 Å². The van der Waals surface area contributed by atoms with Gasteiger partial charge in [0.25, 0.3) is 5.69 Å². The number of benzene rings is 1. The van der Waals surface area contributed by atoms with Crippen LogP contribution >= 0.6 is 0 Å². The molecule has 1 atom stereocenters. The van der Waals surface area contributed by atoms with Gasteiger partial charge in [-0.1, -0.05) is 0 Å². The summed E-state index contributed by atoms with van der Waals surface area (Å²) in [7, 11) is 1.46. The molecule has 20 heavy (non-hydrogen) atoms. The number of methoxy groups -OCH3 is 1. The summed E-state index contributed by atoms with van der Waals surface area (Å²) in [6, 6.07) is 4.59. The summed E-state index contributed by atoms with van der Waals surface area (Å²) >= 11 is 0. The molecular formula is C12H13N3O5. The van der Waals surface area contributed by atoms with Gasteiger partial charge in [-0.2, -0.15) is 5.26 Å². The van der Waals surface area contributed by atoms with Gasteiger partial charge in [-0.25, -0.2) is 4.79 Å². The van der Waals surface area contributed by atoms with Crippen LogP contribution in [-0.2, 0) is 9.53 Å². The Morgan fingerprint density at radius 1 is 1.65 bits per heavy atom. The van der Waals surface area contributed by atoms with Crippen LogP contribution in [0.15, 0.2) is 18.2 Å². The van der Waals surface area contributed by atoms with Crippen LogP contribution < -0.4 is 5.32 Å². The second-order valence-electron chi connectivity index (χ2n) is 3.92. The molecule has 2 N–H and O–H groups in total. The molecule has 8 nitrogen and oxygen atoms in total. The quantitative estimate of drug-likeness (QED) is 0.570. The molecule has 0 bridgehead atoms. The van der Waals surface area contributed by atoms with E-state index in [9.17, 15) is 14.9 Å². The van der Waals surface area contributed by atoms with Crippen molar-refractivity contribution in [1.82, 2.24) is 0 Å². The van der Waals surface area contributed by atoms with Gasteiger partial charge in [0.15, 0.2) is 0 Å². The first-order valence-corrected chi connectivity index (χ1v) is 5.66. The van der Waals surface area contributed by atoms with E-state index in [0.29, 0.717) is 5.69 Å². The zero-order valence-corrected chi connectivity index (χ0v) is 10.7. The molecule has 1 rings (SSSR count). The molecule has 106 valence electrons. The molecule has 0 heterocycles. The Morgan fingerprint density at radius 2 is 2.35 bits per heavy atom. The van der Waals surface area contributed by atoms with E-state index in [1.165, 1.54) is 19.2 Å². The van der Waals surface area contributed by atoms with Gasteiger partial charge in [-0.15, -0.1) is 0 Å². The number of carboxylic acid groups (broad SMARTS) is 1. The number of nitrogens with one attached hydrogen (secondary N) is 1. The highest BCUT2D eigenvalue weighted by molar-refractivity contribution is 5.77. The molecule has 0 aliphatic heterocycles. The molecule has 0 fully saturated rings. The first kappa shape index (κ1) is 15.4. The molecule has 0 radical (unpaired) electrons. The molecule has 8 heteroatoms. The van der Waals surface area contributed by atoms with Gasteiger partial charge in [0.1, 0.15) is 17.7 Å². The maximum atomic E-state index is 11.0. The van der Waals surface area contributed by atoms with Crippen molar-refractivity contribution in [2.75, 3.05) is 19.0 Å². The number of carboxylic acids is 1. The summed E-state index contributed by atoms with van der Waals surface area (Å²) in [5.41, 5.74) is -0.117. The first-order chi connectivity index (χ1) is 9.49. The van der Waals surface area contributed by atoms with Crippen molar-refractivity contribution >= 4 is 17.3 Å². The Kier molecular flexibility index (Phi) is 5.43. The number of nitro benzene ring substituents is 1. The van der Waals surface area contributed by atoms with Crippen LogP contribution in [0.3, 0.4) is 0 Å². The second kappa shape index (κ2) is 7.06. The Bertz CT molecular complexity index is 553. The highest BCUT2D eigenvalue weighted by Gasteiger charge is 2.19. The summed E-state index contributed by atoms with van der Waals surface area (Å²) < 4.78 is 4.81. The number of hydrogen-bond donors (Lipinski definition) is 2. The van der Waals surface area contributed by atoms with E-state index in [1.807, 2.05) is 0 Å². The average molecular weight is 279 g/mol. The number of carbonyl (C=O) groups is 1. The van der Waals surface area contributed by atoms with Gasteiger partial charge in [0, 0.05) is 31.9 Å². The Labute approximate surface area is 114 Å². The van der Waals surface area contributed by atoms with E-state index in [0.717, 1.165) is 6.07 Å². The number of anilines is 1. The van der Waals surface area contributed by atoms with Crippen LogP contribution in [0.25, 0.3) is 0 Å². The molecule has 0 aliphatic rings. The van der Waals surface area contributed by atoms with Gasteiger partial charge in [-0.05, 0) is 12.1 Å². The number of nitrogens with zero attached hydrogens (tertiary/aromatic N) is 2. The Morgan fingerprint density at radius 3 is 2.85 bits per heavy atom. The van der Waals surface area contributed by atoms with E-state index < -0.39 is 16.9 Å². The predicted molar refractivity (Wildman–Crippen MR) is 69.4 cm³/mol. The molecule has 0 amide bonds. The molecule has 0 saturated carbocycles. The molecule has 0 spiro atoms. The summed E-state index contributed by atoms with van der Waals surface area (Å²) in [5.74, 6) is -1.07. The lowest BCUT2D eigenvalue weighted by molar-refractivity contribution is -0.385. The minimum absolute atomic E-state index is 0.129. The van der Waals surface area contributed by atoms with E-state index in [4.69, 9.17) is 15.1 Å². The predicted octanol–water partition coefficient (Wildman–Crippen LogP) is 1.37. The van der Waals surface area contributed by atoms with Crippen molar-refractivity contribution in [3.8, 4) is 6.07 Å². The Hall–Kier alpha value is -2.66. The molecule has 1 aromatic rings. The van der Waals surface area contributed by atoms with Crippen LogP contribution in [0.4, 0.5) is 11.4 Å². The van der Waals surface area contributed by atoms with Gasteiger partial charge >= 0.3 is 5.97 Å². The molecule has 1 aromatic carbocycles. The van der Waals surface area contributed by atoms with Crippen molar-refractivity contribution in [3.05, 3.63) is 33.9 Å². The van der Waals surface area contributed by atoms with E-state index >= 15 is 0 Å². The first-order valence-electron chi connectivity index (χ1n) is 5.66. The summed E-state index contributed by atoms with van der Waals surface area (Å²) in [6.45, 7) is 0.252. The molecule has 0 aliphatic carbocycles. The topological polar surface area (TPSA) is 125 Å². The van der Waals surface area contributed by atoms with Crippen molar-refractivity contribution in [1.29, 1.82) is 5.26 Å². The average Bonchev–Trinajstić information content (AvgIpc) is 2.42. The third-order valence-electron chi connectivity index (χ3n) is 2.56. The summed E-state index contributed by atoms with van der Waals surface area (Å²) in [5, 5.41) is 31.3. The van der Waals surface area contributed by atoms with Crippen molar-refractivity contribution in [2.45, 2.75) is 12.5 Å². The highest BCUT2D eigenvalue weighted by Crippen LogP contribution is 2.22. The SMILES string of the molecule is COCCC(Nc1ccc([N+](=O)[O-])c(C#N)c1)C(=O)O. The minimum Gasteiger partial charge on any atom is -0.480 e. The standard InChI is InChI=1S/C12H13N3O5/c1-20-5-4-10(12(16)17)14-9-2-3-11(15(18)19)8(6-9)7-13/h2-3,6,10,14H,4-5H2,1H3,(H,16,17). The summed E-state index contributed by atoms with van der Waals surface area (Å²) in [6.07, 6.45) is 0.227. The fraction of sp³-hybridized carbons (Fsp3) is 0.333. The maximum Gasteiger partial charge on any atom is 0.326 e. The number of nitriles is 1. The van der Waals surface area contributed by atoms with E-state index in [-0.39, 0.29) is 24.3 Å². The lowest BCUT2D eigenvalue weighted by atomic mass is 10.1. The van der Waals surface area contributed by atoms with Crippen molar-refractivity contribution in [3.63, 3.8) is 0 Å². The van der Waals surface area contributed by atoms with Gasteiger partial charge in [0.2, 0.25) is 0 Å². The van der Waals surface area contributed by atoms with E-state index in [2.05, 4.69) is 5.32 Å². The smallest absolute Gasteiger partial charge is 0.326 e. The minimum atomic E-state index is -1.07. The monoisotopic (exact) mass is 279 g/mol. The highest BCUT2D eigenvalue weighted by atomic mass is 16.6. The lowest BCUT2D eigenvalue weighted by Gasteiger charge is -2.15. The third-order valence-corrected chi connectivity index (χ3v) is 2.56. The van der Waals surface area contributed by atoms with Gasteiger partial charge < -0.3 is 15.2 Å². The largest absolute Gasteiger partial charge is 0.480 e. The molecular weight excluding hydrogens is 266 g/mol. The second-order valence-corrected chi connectivity index (χ2v) is 3.92. The maximum absolute atomic E-state index is 11.0. The van der Waals surface area contributed by atoms with Crippen LogP contribution in [0.1, 0.15) is 12.0 Å². The van der Waals surface area contributed by atoms with Crippen LogP contribution in [0.5, 0.6) is 0 Å². The number of rotatable bonds is 7. The number of nitro groups is 1. The normalized spacial score (nSPS) is 11.4. The molecule has 1 unspecified atom stereocenters. The van der Waals surface area contributed by atoms with Gasteiger partial charge in [-0.3, -0.25) is 10.1 Å². The van der Waals surface area contributed by atoms with Crippen LogP contribution in [0.2, 0.25) is 0 Å². The molecule has 0 aromatic heterocycles. The van der Waals surface area contributed by atoms with Crippen molar-refractivity contribution in [2.24, 2.45) is 0 Å². The number of hydrogen-bond acceptors (Lipinski definition) is 6.